The van der Waals surface area contributed by atoms with Crippen molar-refractivity contribution in [2.24, 2.45) is 10.2 Å². The average molecular weight is 338 g/mol. The van der Waals surface area contributed by atoms with Crippen molar-refractivity contribution in [1.29, 1.82) is 0 Å². The van der Waals surface area contributed by atoms with Gasteiger partial charge in [-0.25, -0.2) is 0 Å². The van der Waals surface area contributed by atoms with E-state index in [4.69, 9.17) is 0 Å². The lowest BCUT2D eigenvalue weighted by Gasteiger charge is -2.03. The maximum absolute atomic E-state index is 10.3. The molecule has 0 fully saturated rings. The van der Waals surface area contributed by atoms with Crippen LogP contribution in [0.1, 0.15) is 5.56 Å². The van der Waals surface area contributed by atoms with E-state index in [2.05, 4.69) is 26.3 Å². The molecule has 0 saturated carbocycles. The minimum Gasteiger partial charge on any atom is -0.494 e. The van der Waals surface area contributed by atoms with Gasteiger partial charge in [-0.2, -0.15) is 10.2 Å². The Balaban J connectivity index is 1.78. The molecule has 124 valence electrons. The number of hydrogen-bond donors (Lipinski definition) is 2. The van der Waals surface area contributed by atoms with Crippen LogP contribution < -0.4 is 10.4 Å². The SMILES string of the molecule is Oc1[nH]c2ccccc2c1C=c1cc2c(c(-c3ccncc3)c1)=CN=N2. The van der Waals surface area contributed by atoms with Crippen LogP contribution in [-0.2, 0) is 0 Å². The van der Waals surface area contributed by atoms with Crippen molar-refractivity contribution in [3.8, 4) is 17.0 Å². The number of azo groups is 1. The van der Waals surface area contributed by atoms with Crippen molar-refractivity contribution in [2.45, 2.75) is 0 Å². The molecule has 3 heterocycles. The smallest absolute Gasteiger partial charge is 0.196 e. The van der Waals surface area contributed by atoms with E-state index in [-0.39, 0.29) is 5.88 Å². The molecule has 0 unspecified atom stereocenters. The first kappa shape index (κ1) is 14.6. The zero-order valence-electron chi connectivity index (χ0n) is 13.7. The zero-order chi connectivity index (χ0) is 17.5. The van der Waals surface area contributed by atoms with E-state index in [9.17, 15) is 5.11 Å². The number of nitrogens with one attached hydrogen (secondary N) is 1. The lowest BCUT2D eigenvalue weighted by molar-refractivity contribution is 0.457. The van der Waals surface area contributed by atoms with Crippen LogP contribution in [0.3, 0.4) is 0 Å². The number of aromatic hydroxyl groups is 1. The monoisotopic (exact) mass is 338 g/mol. The molecule has 0 spiro atoms. The number of nitrogens with zero attached hydrogens (tertiary/aromatic N) is 3. The van der Waals surface area contributed by atoms with Crippen molar-refractivity contribution in [2.75, 3.05) is 0 Å². The summed E-state index contributed by atoms with van der Waals surface area (Å²) < 4.78 is 0. The Kier molecular flexibility index (Phi) is 3.18. The average Bonchev–Trinajstić information content (AvgIpc) is 3.26. The van der Waals surface area contributed by atoms with Crippen molar-refractivity contribution < 1.29 is 5.11 Å². The minimum absolute atomic E-state index is 0.158. The number of hydrogen-bond acceptors (Lipinski definition) is 4. The lowest BCUT2D eigenvalue weighted by atomic mass is 10.0. The topological polar surface area (TPSA) is 73.6 Å². The molecule has 1 aliphatic rings. The fourth-order valence-corrected chi connectivity index (χ4v) is 3.34. The molecule has 2 aromatic heterocycles. The zero-order valence-corrected chi connectivity index (χ0v) is 13.7. The van der Waals surface area contributed by atoms with Gasteiger partial charge in [0, 0.05) is 34.1 Å². The summed E-state index contributed by atoms with van der Waals surface area (Å²) in [5.41, 5.74) is 4.59. The summed E-state index contributed by atoms with van der Waals surface area (Å²) in [7, 11) is 0. The molecule has 0 radical (unpaired) electrons. The number of para-hydroxylation sites is 1. The van der Waals surface area contributed by atoms with Crippen LogP contribution in [0, 0.1) is 0 Å². The first-order chi connectivity index (χ1) is 12.8. The molecule has 2 aromatic carbocycles. The maximum atomic E-state index is 10.3. The minimum atomic E-state index is 0.158. The third-order valence-corrected chi connectivity index (χ3v) is 4.56. The standard InChI is InChI=1S/C21H14N4O/c26-21-17(15-3-1-2-4-19(15)24-21)10-13-9-16(14-5-7-22-8-6-14)18-12-23-25-20(18)11-13/h1-12,24,26H. The summed E-state index contributed by atoms with van der Waals surface area (Å²) in [5, 5.41) is 21.5. The first-order valence-corrected chi connectivity index (χ1v) is 8.26. The van der Waals surface area contributed by atoms with Crippen molar-refractivity contribution in [3.05, 3.63) is 76.9 Å². The number of aromatic nitrogens is 2. The Bertz CT molecular complexity index is 1290. The quantitative estimate of drug-likeness (QED) is 0.586. The Morgan fingerprint density at radius 3 is 2.73 bits per heavy atom. The van der Waals surface area contributed by atoms with Gasteiger partial charge in [0.15, 0.2) is 5.88 Å². The maximum Gasteiger partial charge on any atom is 0.196 e. The predicted molar refractivity (Wildman–Crippen MR) is 101 cm³/mol. The van der Waals surface area contributed by atoms with Crippen molar-refractivity contribution in [1.82, 2.24) is 9.97 Å². The van der Waals surface area contributed by atoms with Gasteiger partial charge in [0.25, 0.3) is 0 Å². The molecule has 0 bridgehead atoms. The second-order valence-corrected chi connectivity index (χ2v) is 6.16. The van der Waals surface area contributed by atoms with Gasteiger partial charge in [0.2, 0.25) is 0 Å². The van der Waals surface area contributed by atoms with E-state index in [0.717, 1.165) is 43.7 Å². The normalized spacial score (nSPS) is 13.2. The number of aromatic amines is 1. The summed E-state index contributed by atoms with van der Waals surface area (Å²) in [6.45, 7) is 0. The van der Waals surface area contributed by atoms with Gasteiger partial charge in [0.1, 0.15) is 0 Å². The summed E-state index contributed by atoms with van der Waals surface area (Å²) in [6.07, 6.45) is 7.28. The molecule has 26 heavy (non-hydrogen) atoms. The van der Waals surface area contributed by atoms with Crippen LogP contribution in [0.5, 0.6) is 5.88 Å². The van der Waals surface area contributed by atoms with Crippen LogP contribution in [0.4, 0.5) is 5.69 Å². The highest BCUT2D eigenvalue weighted by Crippen LogP contribution is 2.27. The van der Waals surface area contributed by atoms with E-state index in [0.29, 0.717) is 0 Å². The number of fused-ring (bicyclic) bond motifs is 2. The van der Waals surface area contributed by atoms with Crippen LogP contribution in [0.25, 0.3) is 34.3 Å². The molecule has 0 aliphatic carbocycles. The van der Waals surface area contributed by atoms with E-state index >= 15 is 0 Å². The Hall–Kier alpha value is -3.73. The van der Waals surface area contributed by atoms with Gasteiger partial charge in [-0.05, 0) is 52.8 Å². The van der Waals surface area contributed by atoms with Crippen LogP contribution in [0.15, 0.2) is 71.2 Å². The predicted octanol–water partition coefficient (Wildman–Crippen LogP) is 3.60. The van der Waals surface area contributed by atoms with E-state index in [1.54, 1.807) is 18.6 Å². The summed E-state index contributed by atoms with van der Waals surface area (Å²) in [4.78, 5) is 7.11. The molecule has 5 nitrogen and oxygen atoms in total. The van der Waals surface area contributed by atoms with Crippen molar-refractivity contribution in [3.63, 3.8) is 0 Å². The molecular weight excluding hydrogens is 324 g/mol. The molecule has 5 heteroatoms. The number of pyridine rings is 1. The Labute approximate surface area is 148 Å². The molecule has 0 amide bonds. The highest BCUT2D eigenvalue weighted by molar-refractivity contribution is 5.91. The van der Waals surface area contributed by atoms with Gasteiger partial charge in [-0.15, -0.1) is 0 Å². The summed E-state index contributed by atoms with van der Waals surface area (Å²) >= 11 is 0. The van der Waals surface area contributed by atoms with Crippen LogP contribution >= 0.6 is 0 Å². The fraction of sp³-hybridized carbons (Fsp3) is 0. The van der Waals surface area contributed by atoms with E-state index in [1.165, 1.54) is 0 Å². The lowest BCUT2D eigenvalue weighted by Crippen LogP contribution is -2.11. The molecule has 2 N–H and O–H groups in total. The fourth-order valence-electron chi connectivity index (χ4n) is 3.34. The number of rotatable bonds is 2. The molecule has 0 saturated heterocycles. The van der Waals surface area contributed by atoms with Crippen LogP contribution in [-0.4, -0.2) is 15.1 Å². The summed E-state index contributed by atoms with van der Waals surface area (Å²) in [6, 6.07) is 15.8. The highest BCUT2D eigenvalue weighted by atomic mass is 16.3. The van der Waals surface area contributed by atoms with Crippen molar-refractivity contribution >= 4 is 28.9 Å². The van der Waals surface area contributed by atoms with Gasteiger partial charge < -0.3 is 10.1 Å². The molecule has 4 aromatic rings. The van der Waals surface area contributed by atoms with Gasteiger partial charge in [0.05, 0.1) is 11.9 Å². The molecular formula is C21H14N4O. The molecule has 1 aliphatic heterocycles. The van der Waals surface area contributed by atoms with Gasteiger partial charge >= 0.3 is 0 Å². The third kappa shape index (κ3) is 2.29. The largest absolute Gasteiger partial charge is 0.494 e. The van der Waals surface area contributed by atoms with Crippen LogP contribution in [0.2, 0.25) is 0 Å². The Morgan fingerprint density at radius 1 is 1.00 bits per heavy atom. The summed E-state index contributed by atoms with van der Waals surface area (Å²) in [5.74, 6) is 0.158. The van der Waals surface area contributed by atoms with Gasteiger partial charge in [-0.3, -0.25) is 4.98 Å². The second kappa shape index (κ2) is 5.67. The number of benzene rings is 2. The van der Waals surface area contributed by atoms with Gasteiger partial charge in [-0.1, -0.05) is 18.2 Å². The second-order valence-electron chi connectivity index (χ2n) is 6.16. The van der Waals surface area contributed by atoms with E-state index < -0.39 is 0 Å². The first-order valence-electron chi connectivity index (χ1n) is 8.26. The third-order valence-electron chi connectivity index (χ3n) is 4.56. The van der Waals surface area contributed by atoms with E-state index in [1.807, 2.05) is 48.5 Å². The Morgan fingerprint density at radius 2 is 1.85 bits per heavy atom. The molecule has 5 rings (SSSR count). The molecule has 0 atom stereocenters. The highest BCUT2D eigenvalue weighted by Gasteiger charge is 2.10. The number of H-pyrrole nitrogens is 1.